The third-order valence-corrected chi connectivity index (χ3v) is 9.70. The molecule has 1 aromatic carbocycles. The van der Waals surface area contributed by atoms with Gasteiger partial charge in [-0.25, -0.2) is 8.42 Å². The van der Waals surface area contributed by atoms with Crippen LogP contribution in [0.4, 0.5) is 0 Å². The Morgan fingerprint density at radius 1 is 1.00 bits per heavy atom. The van der Waals surface area contributed by atoms with Crippen molar-refractivity contribution in [2.75, 3.05) is 26.7 Å². The number of carbonyl (C=O) groups excluding carboxylic acids is 1. The Morgan fingerprint density at radius 3 is 2.39 bits per heavy atom. The number of piperidine rings is 1. The van der Waals surface area contributed by atoms with E-state index < -0.39 is 10.0 Å². The van der Waals surface area contributed by atoms with E-state index in [1.54, 1.807) is 24.6 Å². The van der Waals surface area contributed by atoms with Gasteiger partial charge in [-0.15, -0.1) is 11.3 Å². The van der Waals surface area contributed by atoms with Gasteiger partial charge in [-0.2, -0.15) is 4.31 Å². The first kappa shape index (κ1) is 22.3. The molecule has 31 heavy (non-hydrogen) atoms. The average molecular weight is 463 g/mol. The molecule has 2 aliphatic heterocycles. The number of methoxy groups -OCH3 is 1. The largest absolute Gasteiger partial charge is 0.497 e. The Morgan fingerprint density at radius 2 is 1.74 bits per heavy atom. The molecule has 1 atom stereocenters. The average Bonchev–Trinajstić information content (AvgIpc) is 3.25. The van der Waals surface area contributed by atoms with Gasteiger partial charge in [0, 0.05) is 25.6 Å². The zero-order valence-electron chi connectivity index (χ0n) is 17.9. The number of hydrogen-bond acceptors (Lipinski definition) is 5. The molecule has 1 aromatic heterocycles. The Balaban J connectivity index is 1.46. The monoisotopic (exact) mass is 462 g/mol. The SMILES string of the molecule is COc1ccc([C@H]2CCCCCN2C(=O)C2CCN(S(=O)(=O)c3cccs3)CC2)cc1. The summed E-state index contributed by atoms with van der Waals surface area (Å²) in [5, 5.41) is 1.78. The van der Waals surface area contributed by atoms with E-state index in [1.165, 1.54) is 15.6 Å². The zero-order chi connectivity index (χ0) is 21.8. The van der Waals surface area contributed by atoms with Crippen molar-refractivity contribution in [3.63, 3.8) is 0 Å². The number of sulfonamides is 1. The minimum Gasteiger partial charge on any atom is -0.497 e. The van der Waals surface area contributed by atoms with E-state index in [-0.39, 0.29) is 17.9 Å². The summed E-state index contributed by atoms with van der Waals surface area (Å²) in [7, 11) is -1.79. The van der Waals surface area contributed by atoms with E-state index in [0.717, 1.165) is 43.5 Å². The van der Waals surface area contributed by atoms with Gasteiger partial charge in [-0.3, -0.25) is 4.79 Å². The van der Waals surface area contributed by atoms with Gasteiger partial charge in [-0.1, -0.05) is 31.0 Å². The number of nitrogens with zero attached hydrogens (tertiary/aromatic N) is 2. The second-order valence-corrected chi connectivity index (χ2v) is 11.4. The van der Waals surface area contributed by atoms with Crippen molar-refractivity contribution >= 4 is 27.3 Å². The number of hydrogen-bond donors (Lipinski definition) is 0. The summed E-state index contributed by atoms with van der Waals surface area (Å²) in [5.41, 5.74) is 1.15. The van der Waals surface area contributed by atoms with E-state index in [4.69, 9.17) is 4.74 Å². The first-order valence-corrected chi connectivity index (χ1v) is 13.3. The van der Waals surface area contributed by atoms with Crippen LogP contribution in [-0.2, 0) is 14.8 Å². The van der Waals surface area contributed by atoms with Crippen molar-refractivity contribution < 1.29 is 17.9 Å². The van der Waals surface area contributed by atoms with Crippen LogP contribution in [0.25, 0.3) is 0 Å². The molecule has 4 rings (SSSR count). The van der Waals surface area contributed by atoms with E-state index in [1.807, 2.05) is 12.1 Å². The second-order valence-electron chi connectivity index (χ2n) is 8.28. The van der Waals surface area contributed by atoms with Gasteiger partial charge in [0.2, 0.25) is 5.91 Å². The minimum absolute atomic E-state index is 0.0776. The van der Waals surface area contributed by atoms with Gasteiger partial charge in [0.15, 0.2) is 0 Å². The van der Waals surface area contributed by atoms with Crippen molar-refractivity contribution in [2.45, 2.75) is 48.8 Å². The van der Waals surface area contributed by atoms with Gasteiger partial charge in [-0.05, 0) is 54.8 Å². The van der Waals surface area contributed by atoms with E-state index in [0.29, 0.717) is 30.1 Å². The number of carbonyl (C=O) groups is 1. The predicted octanol–water partition coefficient (Wildman–Crippen LogP) is 4.30. The van der Waals surface area contributed by atoms with Crippen LogP contribution in [0.3, 0.4) is 0 Å². The standard InChI is InChI=1S/C23H30N2O4S2/c1-29-20-10-8-18(9-11-20)21-6-3-2-4-14-25(21)23(26)19-12-15-24(16-13-19)31(27,28)22-7-5-17-30-22/h5,7-11,17,19,21H,2-4,6,12-16H2,1H3/t21-/m1/s1. The Bertz CT molecular complexity index is 966. The molecule has 0 radical (unpaired) electrons. The van der Waals surface area contributed by atoms with Crippen LogP contribution < -0.4 is 4.74 Å². The van der Waals surface area contributed by atoms with Crippen molar-refractivity contribution in [1.29, 1.82) is 0 Å². The zero-order valence-corrected chi connectivity index (χ0v) is 19.5. The molecule has 168 valence electrons. The summed E-state index contributed by atoms with van der Waals surface area (Å²) in [4.78, 5) is 15.6. The van der Waals surface area contributed by atoms with Gasteiger partial charge in [0.05, 0.1) is 13.2 Å². The molecular weight excluding hydrogens is 432 g/mol. The number of rotatable bonds is 5. The summed E-state index contributed by atoms with van der Waals surface area (Å²) < 4.78 is 32.8. The molecule has 6 nitrogen and oxygen atoms in total. The van der Waals surface area contributed by atoms with Gasteiger partial charge < -0.3 is 9.64 Å². The highest BCUT2D eigenvalue weighted by Crippen LogP contribution is 2.34. The Kier molecular flexibility index (Phi) is 6.99. The lowest BCUT2D eigenvalue weighted by molar-refractivity contribution is -0.139. The molecule has 0 unspecified atom stereocenters. The fourth-order valence-corrected chi connectivity index (χ4v) is 7.27. The smallest absolute Gasteiger partial charge is 0.252 e. The quantitative estimate of drug-likeness (QED) is 0.664. The molecule has 1 amide bonds. The summed E-state index contributed by atoms with van der Waals surface area (Å²) in [6.45, 7) is 1.57. The van der Waals surface area contributed by atoms with Crippen LogP contribution in [0.15, 0.2) is 46.0 Å². The summed E-state index contributed by atoms with van der Waals surface area (Å²) in [5.74, 6) is 0.874. The van der Waals surface area contributed by atoms with Gasteiger partial charge >= 0.3 is 0 Å². The van der Waals surface area contributed by atoms with Crippen molar-refractivity contribution in [2.24, 2.45) is 5.92 Å². The molecule has 3 heterocycles. The lowest BCUT2D eigenvalue weighted by Gasteiger charge is -2.36. The second kappa shape index (κ2) is 9.71. The molecule has 2 aromatic rings. The fourth-order valence-electron chi connectivity index (χ4n) is 4.66. The molecule has 0 saturated carbocycles. The molecule has 0 bridgehead atoms. The summed E-state index contributed by atoms with van der Waals surface area (Å²) >= 11 is 1.24. The van der Waals surface area contributed by atoms with Crippen molar-refractivity contribution in [3.8, 4) is 5.75 Å². The molecule has 2 saturated heterocycles. The maximum Gasteiger partial charge on any atom is 0.252 e. The fraction of sp³-hybridized carbons (Fsp3) is 0.522. The maximum atomic E-state index is 13.5. The van der Waals surface area contributed by atoms with Crippen molar-refractivity contribution in [3.05, 3.63) is 47.3 Å². The highest BCUT2D eigenvalue weighted by atomic mass is 32.2. The third-order valence-electron chi connectivity index (χ3n) is 6.43. The van der Waals surface area contributed by atoms with Crippen LogP contribution in [0, 0.1) is 5.92 Å². The number of thiophene rings is 1. The van der Waals surface area contributed by atoms with Crippen LogP contribution in [-0.4, -0.2) is 50.3 Å². The first-order valence-electron chi connectivity index (χ1n) is 11.0. The van der Waals surface area contributed by atoms with Gasteiger partial charge in [0.25, 0.3) is 10.0 Å². The number of amides is 1. The van der Waals surface area contributed by atoms with E-state index in [9.17, 15) is 13.2 Å². The molecule has 0 aliphatic carbocycles. The van der Waals surface area contributed by atoms with Crippen LogP contribution in [0.1, 0.15) is 50.1 Å². The molecule has 2 fully saturated rings. The maximum absolute atomic E-state index is 13.5. The number of benzene rings is 1. The predicted molar refractivity (Wildman–Crippen MR) is 122 cm³/mol. The molecule has 0 N–H and O–H groups in total. The van der Waals surface area contributed by atoms with Crippen LogP contribution in [0.2, 0.25) is 0 Å². The van der Waals surface area contributed by atoms with Crippen LogP contribution >= 0.6 is 11.3 Å². The number of likely N-dealkylation sites (tertiary alicyclic amines) is 1. The van der Waals surface area contributed by atoms with E-state index >= 15 is 0 Å². The molecule has 2 aliphatic rings. The topological polar surface area (TPSA) is 66.9 Å². The van der Waals surface area contributed by atoms with Crippen molar-refractivity contribution in [1.82, 2.24) is 9.21 Å². The van der Waals surface area contributed by atoms with Crippen LogP contribution in [0.5, 0.6) is 5.75 Å². The summed E-state index contributed by atoms with van der Waals surface area (Å²) in [6, 6.07) is 11.5. The minimum atomic E-state index is -3.44. The summed E-state index contributed by atoms with van der Waals surface area (Å²) in [6.07, 6.45) is 5.38. The molecular formula is C23H30N2O4S2. The third kappa shape index (κ3) is 4.81. The molecule has 8 heteroatoms. The highest BCUT2D eigenvalue weighted by molar-refractivity contribution is 7.91. The van der Waals surface area contributed by atoms with Gasteiger partial charge in [0.1, 0.15) is 9.96 Å². The first-order chi connectivity index (χ1) is 15.0. The normalized spacial score (nSPS) is 21.6. The Hall–Kier alpha value is -1.90. The Labute approximate surface area is 188 Å². The van der Waals surface area contributed by atoms with E-state index in [2.05, 4.69) is 17.0 Å². The highest BCUT2D eigenvalue weighted by Gasteiger charge is 2.36. The lowest BCUT2D eigenvalue weighted by atomic mass is 9.94. The molecule has 0 spiro atoms. The lowest BCUT2D eigenvalue weighted by Crippen LogP contribution is -2.45. The number of ether oxygens (including phenoxy) is 1.